The number of para-hydroxylation sites is 3. The Labute approximate surface area is 239 Å². The minimum atomic E-state index is -3.90. The molecule has 0 aliphatic carbocycles. The molecule has 5 nitrogen and oxygen atoms in total. The van der Waals surface area contributed by atoms with Crippen LogP contribution in [0, 0.1) is 0 Å². The highest BCUT2D eigenvalue weighted by molar-refractivity contribution is 7.55. The molecule has 1 atom stereocenters. The molecule has 4 aromatic rings. The summed E-state index contributed by atoms with van der Waals surface area (Å²) in [5.74, 6) is 0.854. The lowest BCUT2D eigenvalue weighted by Crippen LogP contribution is -2.18. The molecule has 0 aromatic heterocycles. The van der Waals surface area contributed by atoms with Crippen molar-refractivity contribution in [2.75, 3.05) is 11.9 Å². The fraction of sp³-hybridized carbons (Fsp3) is 0.294. The molecule has 1 N–H and O–H groups in total. The molecule has 0 bridgehead atoms. The third-order valence-corrected chi connectivity index (χ3v) is 8.53. The standard InChI is InChI=1S/C34H40NO4P/c1-2-3-4-5-6-7-17-27-37-33-26-18-19-29(28-33)34(35-30-20-11-8-12-21-30)40(36,38-31-22-13-9-14-23-31)39-32-24-15-10-16-25-32/h8-16,18-26,28,34-35H,2-7,17,27H2,1H3. The van der Waals surface area contributed by atoms with Crippen LogP contribution in [0.5, 0.6) is 17.2 Å². The van der Waals surface area contributed by atoms with Crippen LogP contribution in [0.1, 0.15) is 63.2 Å². The minimum Gasteiger partial charge on any atom is -0.494 e. The Morgan fingerprint density at radius 2 is 1.15 bits per heavy atom. The van der Waals surface area contributed by atoms with Gasteiger partial charge in [-0.2, -0.15) is 0 Å². The lowest BCUT2D eigenvalue weighted by molar-refractivity contribution is 0.304. The predicted octanol–water partition coefficient (Wildman–Crippen LogP) is 10.3. The van der Waals surface area contributed by atoms with Crippen molar-refractivity contribution in [2.24, 2.45) is 0 Å². The van der Waals surface area contributed by atoms with Gasteiger partial charge < -0.3 is 19.1 Å². The van der Waals surface area contributed by atoms with Crippen molar-refractivity contribution in [1.29, 1.82) is 0 Å². The van der Waals surface area contributed by atoms with E-state index in [2.05, 4.69) is 12.2 Å². The number of rotatable bonds is 17. The second-order valence-corrected chi connectivity index (χ2v) is 11.8. The van der Waals surface area contributed by atoms with Crippen LogP contribution in [0.4, 0.5) is 5.69 Å². The lowest BCUT2D eigenvalue weighted by atomic mass is 10.1. The molecule has 0 amide bonds. The van der Waals surface area contributed by atoms with E-state index < -0.39 is 13.4 Å². The smallest absolute Gasteiger partial charge is 0.457 e. The average molecular weight is 558 g/mol. The second-order valence-electron chi connectivity index (χ2n) is 9.80. The molecule has 1 unspecified atom stereocenters. The summed E-state index contributed by atoms with van der Waals surface area (Å²) in [7, 11) is -3.90. The zero-order chi connectivity index (χ0) is 27.9. The maximum absolute atomic E-state index is 14.8. The number of anilines is 1. The van der Waals surface area contributed by atoms with Gasteiger partial charge in [-0.05, 0) is 60.5 Å². The van der Waals surface area contributed by atoms with E-state index in [1.165, 1.54) is 32.1 Å². The lowest BCUT2D eigenvalue weighted by Gasteiger charge is -2.29. The largest absolute Gasteiger partial charge is 0.494 e. The molecule has 0 fully saturated rings. The Balaban J connectivity index is 1.58. The topological polar surface area (TPSA) is 56.8 Å². The summed E-state index contributed by atoms with van der Waals surface area (Å²) in [6.45, 7) is 2.88. The van der Waals surface area contributed by atoms with Gasteiger partial charge in [-0.1, -0.05) is 112 Å². The van der Waals surface area contributed by atoms with Gasteiger partial charge in [0, 0.05) is 5.69 Å². The molecule has 4 aromatic carbocycles. The summed E-state index contributed by atoms with van der Waals surface area (Å²) >= 11 is 0. The molecule has 0 spiro atoms. The second kappa shape index (κ2) is 15.8. The summed E-state index contributed by atoms with van der Waals surface area (Å²) < 4.78 is 33.4. The quantitative estimate of drug-likeness (QED) is 0.103. The molecule has 0 aliphatic rings. The number of unbranched alkanes of at least 4 members (excludes halogenated alkanes) is 6. The third kappa shape index (κ3) is 9.20. The van der Waals surface area contributed by atoms with E-state index in [0.29, 0.717) is 18.1 Å². The number of ether oxygens (including phenoxy) is 1. The van der Waals surface area contributed by atoms with Crippen molar-refractivity contribution in [3.63, 3.8) is 0 Å². The summed E-state index contributed by atoms with van der Waals surface area (Å²) in [5, 5.41) is 3.44. The van der Waals surface area contributed by atoms with Gasteiger partial charge in [0.05, 0.1) is 6.61 Å². The number of nitrogens with one attached hydrogen (secondary N) is 1. The van der Waals surface area contributed by atoms with Gasteiger partial charge in [0.1, 0.15) is 17.2 Å². The first-order valence-electron chi connectivity index (χ1n) is 14.3. The van der Waals surface area contributed by atoms with Crippen molar-refractivity contribution in [2.45, 2.75) is 57.7 Å². The van der Waals surface area contributed by atoms with Gasteiger partial charge in [0.15, 0.2) is 5.78 Å². The Morgan fingerprint density at radius 1 is 0.625 bits per heavy atom. The maximum atomic E-state index is 14.8. The van der Waals surface area contributed by atoms with Crippen LogP contribution in [-0.2, 0) is 4.57 Å². The molecule has 0 aliphatic heterocycles. The van der Waals surface area contributed by atoms with E-state index >= 15 is 0 Å². The first-order valence-corrected chi connectivity index (χ1v) is 15.9. The molecule has 0 saturated carbocycles. The molecule has 0 radical (unpaired) electrons. The van der Waals surface area contributed by atoms with Crippen LogP contribution in [0.2, 0.25) is 0 Å². The Kier molecular flexibility index (Phi) is 11.6. The third-order valence-electron chi connectivity index (χ3n) is 6.54. The van der Waals surface area contributed by atoms with Crippen molar-refractivity contribution in [3.8, 4) is 17.2 Å². The Morgan fingerprint density at radius 3 is 1.75 bits per heavy atom. The Bertz CT molecular complexity index is 1260. The van der Waals surface area contributed by atoms with Crippen LogP contribution in [0.3, 0.4) is 0 Å². The SMILES string of the molecule is CCCCCCCCCOc1cccc(C(Nc2ccccc2)P(=O)(Oc2ccccc2)Oc2ccccc2)c1. The van der Waals surface area contributed by atoms with E-state index in [0.717, 1.165) is 29.8 Å². The summed E-state index contributed by atoms with van der Waals surface area (Å²) in [6, 6.07) is 35.7. The van der Waals surface area contributed by atoms with E-state index in [1.54, 1.807) is 24.3 Å². The zero-order valence-electron chi connectivity index (χ0n) is 23.3. The summed E-state index contributed by atoms with van der Waals surface area (Å²) in [4.78, 5) is 0. The highest BCUT2D eigenvalue weighted by Crippen LogP contribution is 2.60. The Hall–Kier alpha value is -3.69. The summed E-state index contributed by atoms with van der Waals surface area (Å²) in [5.41, 5.74) is 1.55. The van der Waals surface area contributed by atoms with Crippen molar-refractivity contribution < 1.29 is 18.3 Å². The molecule has 210 valence electrons. The maximum Gasteiger partial charge on any atom is 0.457 e. The fourth-order valence-corrected chi connectivity index (χ4v) is 6.35. The normalized spacial score (nSPS) is 11.9. The molecule has 0 saturated heterocycles. The average Bonchev–Trinajstić information content (AvgIpc) is 2.99. The van der Waals surface area contributed by atoms with Gasteiger partial charge in [0.2, 0.25) is 0 Å². The first-order chi connectivity index (χ1) is 19.7. The molecular formula is C34H40NO4P. The fourth-order valence-electron chi connectivity index (χ4n) is 4.44. The zero-order valence-corrected chi connectivity index (χ0v) is 24.2. The van der Waals surface area contributed by atoms with Crippen LogP contribution in [-0.4, -0.2) is 6.61 Å². The van der Waals surface area contributed by atoms with Gasteiger partial charge in [-0.3, -0.25) is 0 Å². The molecular weight excluding hydrogens is 517 g/mol. The highest BCUT2D eigenvalue weighted by atomic mass is 31.2. The monoisotopic (exact) mass is 557 g/mol. The first kappa shape index (κ1) is 29.3. The number of hydrogen-bond donors (Lipinski definition) is 1. The van der Waals surface area contributed by atoms with Crippen LogP contribution in [0.25, 0.3) is 0 Å². The number of benzene rings is 4. The van der Waals surface area contributed by atoms with Gasteiger partial charge in [-0.15, -0.1) is 0 Å². The van der Waals surface area contributed by atoms with E-state index in [-0.39, 0.29) is 0 Å². The van der Waals surface area contributed by atoms with Gasteiger partial charge in [0.25, 0.3) is 0 Å². The minimum absolute atomic E-state index is 0.466. The van der Waals surface area contributed by atoms with E-state index in [9.17, 15) is 4.57 Å². The molecule has 4 rings (SSSR count). The molecule has 6 heteroatoms. The van der Waals surface area contributed by atoms with Crippen LogP contribution in [0.15, 0.2) is 115 Å². The van der Waals surface area contributed by atoms with Crippen molar-refractivity contribution in [3.05, 3.63) is 121 Å². The summed E-state index contributed by atoms with van der Waals surface area (Å²) in [6.07, 6.45) is 8.58. The van der Waals surface area contributed by atoms with Gasteiger partial charge in [-0.25, -0.2) is 4.57 Å². The van der Waals surface area contributed by atoms with Crippen molar-refractivity contribution in [1.82, 2.24) is 0 Å². The van der Waals surface area contributed by atoms with Crippen LogP contribution < -0.4 is 19.1 Å². The molecule has 40 heavy (non-hydrogen) atoms. The van der Waals surface area contributed by atoms with E-state index in [4.69, 9.17) is 13.8 Å². The highest BCUT2D eigenvalue weighted by Gasteiger charge is 2.41. The van der Waals surface area contributed by atoms with E-state index in [1.807, 2.05) is 91.0 Å². The predicted molar refractivity (Wildman–Crippen MR) is 164 cm³/mol. The van der Waals surface area contributed by atoms with Crippen LogP contribution >= 0.6 is 7.60 Å². The van der Waals surface area contributed by atoms with Gasteiger partial charge >= 0.3 is 7.60 Å². The van der Waals surface area contributed by atoms with Crippen molar-refractivity contribution >= 4 is 13.3 Å². The molecule has 0 heterocycles. The number of hydrogen-bond acceptors (Lipinski definition) is 5.